The molecule has 0 spiro atoms. The molecule has 25 heavy (non-hydrogen) atoms. The molecule has 0 radical (unpaired) electrons. The molecule has 1 N–H and O–H groups in total. The van der Waals surface area contributed by atoms with Crippen LogP contribution in [0.3, 0.4) is 0 Å². The topological polar surface area (TPSA) is 72.7 Å². The van der Waals surface area contributed by atoms with Gasteiger partial charge in [0, 0.05) is 18.8 Å². The summed E-state index contributed by atoms with van der Waals surface area (Å²) >= 11 is 7.25. The van der Waals surface area contributed by atoms with Gasteiger partial charge in [0.2, 0.25) is 5.91 Å². The van der Waals surface area contributed by atoms with Crippen molar-refractivity contribution in [3.8, 4) is 11.4 Å². The minimum absolute atomic E-state index is 0.181. The van der Waals surface area contributed by atoms with Gasteiger partial charge in [-0.2, -0.15) is 0 Å². The molecular formula is C17H16ClN5OS. The number of nitrogens with one attached hydrogen (secondary N) is 1. The highest BCUT2D eigenvalue weighted by Crippen LogP contribution is 2.24. The van der Waals surface area contributed by atoms with Crippen molar-refractivity contribution >= 4 is 35.0 Å². The average molecular weight is 374 g/mol. The first-order valence-corrected chi connectivity index (χ1v) is 8.90. The summed E-state index contributed by atoms with van der Waals surface area (Å²) in [5.74, 6) is 0.785. The molecule has 3 aromatic rings. The van der Waals surface area contributed by atoms with E-state index in [9.17, 15) is 4.79 Å². The van der Waals surface area contributed by atoms with Gasteiger partial charge in [0.15, 0.2) is 16.1 Å². The molecule has 0 aliphatic carbocycles. The van der Waals surface area contributed by atoms with Crippen LogP contribution in [-0.2, 0) is 11.8 Å². The Morgan fingerprint density at radius 2 is 2.12 bits per heavy atom. The molecule has 128 valence electrons. The minimum Gasteiger partial charge on any atom is -0.323 e. The molecule has 6 nitrogen and oxygen atoms in total. The summed E-state index contributed by atoms with van der Waals surface area (Å²) < 4.78 is 1.88. The number of halogens is 1. The first-order chi connectivity index (χ1) is 12.0. The Hall–Kier alpha value is -2.38. The molecule has 8 heteroatoms. The van der Waals surface area contributed by atoms with Crippen molar-refractivity contribution in [2.24, 2.45) is 7.05 Å². The predicted molar refractivity (Wildman–Crippen MR) is 99.8 cm³/mol. The second-order valence-electron chi connectivity index (χ2n) is 5.41. The van der Waals surface area contributed by atoms with Gasteiger partial charge in [-0.15, -0.1) is 10.2 Å². The van der Waals surface area contributed by atoms with E-state index in [-0.39, 0.29) is 16.8 Å². The van der Waals surface area contributed by atoms with Crippen molar-refractivity contribution in [2.45, 2.75) is 12.1 Å². The van der Waals surface area contributed by atoms with Crippen LogP contribution in [0, 0.1) is 6.92 Å². The van der Waals surface area contributed by atoms with Gasteiger partial charge in [-0.25, -0.2) is 4.98 Å². The van der Waals surface area contributed by atoms with Gasteiger partial charge in [-0.3, -0.25) is 4.79 Å². The number of benzene rings is 1. The first kappa shape index (κ1) is 17.4. The molecule has 2 heterocycles. The van der Waals surface area contributed by atoms with Crippen molar-refractivity contribution in [3.63, 3.8) is 0 Å². The van der Waals surface area contributed by atoms with E-state index >= 15 is 0 Å². The lowest BCUT2D eigenvalue weighted by Gasteiger charge is -2.06. The number of nitrogens with zero attached hydrogens (tertiary/aromatic N) is 4. The number of anilines is 1. The monoisotopic (exact) mass is 373 g/mol. The number of thioether (sulfide) groups is 1. The molecule has 0 saturated carbocycles. The minimum atomic E-state index is -0.181. The van der Waals surface area contributed by atoms with E-state index in [0.29, 0.717) is 10.8 Å². The Balaban J connectivity index is 1.66. The molecule has 0 unspecified atom stereocenters. The van der Waals surface area contributed by atoms with Crippen LogP contribution < -0.4 is 5.32 Å². The van der Waals surface area contributed by atoms with Gasteiger partial charge < -0.3 is 9.88 Å². The predicted octanol–water partition coefficient (Wildman–Crippen LogP) is 3.57. The Morgan fingerprint density at radius 1 is 1.28 bits per heavy atom. The summed E-state index contributed by atoms with van der Waals surface area (Å²) in [6, 6.07) is 11.5. The fourth-order valence-corrected chi connectivity index (χ4v) is 3.15. The molecule has 0 aliphatic heterocycles. The fourth-order valence-electron chi connectivity index (χ4n) is 2.27. The standard InChI is InChI=1S/C17H16ClN5OS/c1-11-5-3-6-12(9-11)16-21-22-17(23(16)2)25-10-14(24)20-13-7-4-8-19-15(13)18/h3-9H,10H2,1-2H3,(H,20,24). The summed E-state index contributed by atoms with van der Waals surface area (Å²) in [6.07, 6.45) is 1.57. The van der Waals surface area contributed by atoms with Crippen molar-refractivity contribution < 1.29 is 4.79 Å². The number of carbonyl (C=O) groups is 1. The number of aromatic nitrogens is 4. The van der Waals surface area contributed by atoms with E-state index in [2.05, 4.69) is 26.6 Å². The Morgan fingerprint density at radius 3 is 2.88 bits per heavy atom. The second kappa shape index (κ2) is 7.67. The normalized spacial score (nSPS) is 10.7. The van der Waals surface area contributed by atoms with Gasteiger partial charge in [0.25, 0.3) is 0 Å². The zero-order valence-corrected chi connectivity index (χ0v) is 15.3. The highest BCUT2D eigenvalue weighted by Gasteiger charge is 2.13. The maximum atomic E-state index is 12.1. The number of carbonyl (C=O) groups excluding carboxylic acids is 1. The molecule has 0 aliphatic rings. The highest BCUT2D eigenvalue weighted by atomic mass is 35.5. The third-order valence-electron chi connectivity index (χ3n) is 3.48. The zero-order chi connectivity index (χ0) is 17.8. The maximum absolute atomic E-state index is 12.1. The third kappa shape index (κ3) is 4.18. The van der Waals surface area contributed by atoms with E-state index < -0.39 is 0 Å². The summed E-state index contributed by atoms with van der Waals surface area (Å²) in [7, 11) is 1.88. The van der Waals surface area contributed by atoms with Crippen LogP contribution in [0.5, 0.6) is 0 Å². The molecule has 1 aromatic carbocycles. The molecule has 1 amide bonds. The Labute approximate surface area is 154 Å². The maximum Gasteiger partial charge on any atom is 0.234 e. The lowest BCUT2D eigenvalue weighted by atomic mass is 10.1. The van der Waals surface area contributed by atoms with Crippen LogP contribution in [0.2, 0.25) is 5.15 Å². The smallest absolute Gasteiger partial charge is 0.234 e. The number of aryl methyl sites for hydroxylation is 1. The summed E-state index contributed by atoms with van der Waals surface area (Å²) in [5.41, 5.74) is 2.64. The Bertz CT molecular complexity index is 912. The van der Waals surface area contributed by atoms with Gasteiger partial charge in [0.05, 0.1) is 11.4 Å². The SMILES string of the molecule is Cc1cccc(-c2nnc(SCC(=O)Nc3cccnc3Cl)n2C)c1. The van der Waals surface area contributed by atoms with Crippen LogP contribution in [0.25, 0.3) is 11.4 Å². The fraction of sp³-hybridized carbons (Fsp3) is 0.176. The lowest BCUT2D eigenvalue weighted by Crippen LogP contribution is -2.15. The average Bonchev–Trinajstić information content (AvgIpc) is 2.96. The van der Waals surface area contributed by atoms with Crippen molar-refractivity contribution in [3.05, 3.63) is 53.3 Å². The van der Waals surface area contributed by atoms with Gasteiger partial charge in [0.1, 0.15) is 0 Å². The Kier molecular flexibility index (Phi) is 5.35. The summed E-state index contributed by atoms with van der Waals surface area (Å²) in [4.78, 5) is 16.0. The van der Waals surface area contributed by atoms with Gasteiger partial charge in [-0.1, -0.05) is 47.1 Å². The highest BCUT2D eigenvalue weighted by molar-refractivity contribution is 7.99. The van der Waals surface area contributed by atoms with Crippen molar-refractivity contribution in [1.29, 1.82) is 0 Å². The number of rotatable bonds is 5. The van der Waals surface area contributed by atoms with Crippen LogP contribution in [0.4, 0.5) is 5.69 Å². The van der Waals surface area contributed by atoms with Gasteiger partial charge in [-0.05, 0) is 25.1 Å². The molecule has 2 aromatic heterocycles. The van der Waals surface area contributed by atoms with Gasteiger partial charge >= 0.3 is 0 Å². The van der Waals surface area contributed by atoms with E-state index in [1.165, 1.54) is 11.8 Å². The van der Waals surface area contributed by atoms with Crippen molar-refractivity contribution in [2.75, 3.05) is 11.1 Å². The number of hydrogen-bond acceptors (Lipinski definition) is 5. The lowest BCUT2D eigenvalue weighted by molar-refractivity contribution is -0.113. The molecule has 3 rings (SSSR count). The van der Waals surface area contributed by atoms with Crippen LogP contribution >= 0.6 is 23.4 Å². The zero-order valence-electron chi connectivity index (χ0n) is 13.7. The van der Waals surface area contributed by atoms with Crippen molar-refractivity contribution in [1.82, 2.24) is 19.7 Å². The van der Waals surface area contributed by atoms with E-state index in [1.54, 1.807) is 18.3 Å². The summed E-state index contributed by atoms with van der Waals surface area (Å²) in [5, 5.41) is 12.1. The third-order valence-corrected chi connectivity index (χ3v) is 4.80. The molecule has 0 fully saturated rings. The quantitative estimate of drug-likeness (QED) is 0.546. The molecule has 0 atom stereocenters. The largest absolute Gasteiger partial charge is 0.323 e. The molecular weight excluding hydrogens is 358 g/mol. The number of pyridine rings is 1. The van der Waals surface area contributed by atoms with E-state index in [4.69, 9.17) is 11.6 Å². The van der Waals surface area contributed by atoms with E-state index in [1.807, 2.05) is 36.7 Å². The first-order valence-electron chi connectivity index (χ1n) is 7.54. The second-order valence-corrected chi connectivity index (χ2v) is 6.71. The molecule has 0 bridgehead atoms. The van der Waals surface area contributed by atoms with E-state index in [0.717, 1.165) is 17.0 Å². The summed E-state index contributed by atoms with van der Waals surface area (Å²) in [6.45, 7) is 2.03. The van der Waals surface area contributed by atoms with Crippen LogP contribution in [0.15, 0.2) is 47.8 Å². The number of amides is 1. The van der Waals surface area contributed by atoms with Crippen LogP contribution in [-0.4, -0.2) is 31.4 Å². The van der Waals surface area contributed by atoms with Crippen LogP contribution in [0.1, 0.15) is 5.56 Å². The number of hydrogen-bond donors (Lipinski definition) is 1. The molecule has 0 saturated heterocycles.